The van der Waals surface area contributed by atoms with Gasteiger partial charge in [0.15, 0.2) is 6.10 Å². The minimum atomic E-state index is 0.171. The van der Waals surface area contributed by atoms with Crippen molar-refractivity contribution >= 4 is 0 Å². The van der Waals surface area contributed by atoms with Crippen LogP contribution in [0, 0.1) is 26.4 Å². The second-order valence-corrected chi connectivity index (χ2v) is 1.24. The molecule has 0 radical (unpaired) electrons. The summed E-state index contributed by atoms with van der Waals surface area (Å²) in [5, 5.41) is 0. The van der Waals surface area contributed by atoms with E-state index in [1.165, 1.54) is 0 Å². The van der Waals surface area contributed by atoms with Gasteiger partial charge in [0.1, 0.15) is 0 Å². The van der Waals surface area contributed by atoms with E-state index >= 15 is 0 Å². The molecule has 6 heavy (non-hydrogen) atoms. The zero-order chi connectivity index (χ0) is 4.57. The predicted molar refractivity (Wildman–Crippen MR) is 23.1 cm³/mol. The van der Waals surface area contributed by atoms with Crippen LogP contribution in [0.2, 0.25) is 0 Å². The Morgan fingerprint density at radius 2 is 2.33 bits per heavy atom. The molecule has 1 atom stereocenters. The number of rotatable bonds is 1. The number of epoxide rings is 1. The molecule has 1 heterocycles. The zero-order valence-corrected chi connectivity index (χ0v) is 3.48. The van der Waals surface area contributed by atoms with Crippen LogP contribution in [-0.4, -0.2) is 6.10 Å². The van der Waals surface area contributed by atoms with Crippen molar-refractivity contribution in [1.29, 1.82) is 0 Å². The lowest BCUT2D eigenvalue weighted by Gasteiger charge is -1.62. The summed E-state index contributed by atoms with van der Waals surface area (Å²) in [6, 6.07) is 0. The molecule has 1 nitrogen and oxygen atoms in total. The topological polar surface area (TPSA) is 12.5 Å². The fourth-order valence-electron chi connectivity index (χ4n) is 0.309. The lowest BCUT2D eigenvalue weighted by molar-refractivity contribution is 0.439. The molecule has 1 saturated heterocycles. The van der Waals surface area contributed by atoms with Gasteiger partial charge < -0.3 is 0 Å². The average Bonchev–Trinajstić information content (AvgIpc) is 2.19. The van der Waals surface area contributed by atoms with E-state index in [2.05, 4.69) is 13.8 Å². The number of hydrogen-bond donors (Lipinski definition) is 0. The van der Waals surface area contributed by atoms with Gasteiger partial charge in [0.2, 0.25) is 0 Å². The Balaban J connectivity index is 2.09. The molecule has 0 spiro atoms. The minimum absolute atomic E-state index is 0.171. The van der Waals surface area contributed by atoms with Gasteiger partial charge in [-0.3, -0.25) is 0 Å². The van der Waals surface area contributed by atoms with Crippen molar-refractivity contribution in [2.75, 3.05) is 0 Å². The molecule has 0 N–H and O–H groups in total. The van der Waals surface area contributed by atoms with Gasteiger partial charge in [-0.2, -0.15) is 0 Å². The van der Waals surface area contributed by atoms with Crippen LogP contribution < -0.4 is 0 Å². The van der Waals surface area contributed by atoms with Gasteiger partial charge in [-0.05, 0) is 0 Å². The van der Waals surface area contributed by atoms with Crippen molar-refractivity contribution in [3.8, 4) is 0 Å². The van der Waals surface area contributed by atoms with Crippen molar-refractivity contribution < 1.29 is 4.74 Å². The number of ether oxygens (including phenoxy) is 1. The monoisotopic (exact) mass is 82.0 g/mol. The van der Waals surface area contributed by atoms with Gasteiger partial charge in [0.05, 0.1) is 0 Å². The normalized spacial score (nSPS) is 30.3. The summed E-state index contributed by atoms with van der Waals surface area (Å²) in [5.41, 5.74) is 0. The van der Waals surface area contributed by atoms with Gasteiger partial charge in [-0.25, -0.2) is 0 Å². The largest absolute Gasteiger partial charge is 0.342 e. The number of hydrogen-bond acceptors (Lipinski definition) is 1. The van der Waals surface area contributed by atoms with Crippen LogP contribution in [0.3, 0.4) is 0 Å². The quantitative estimate of drug-likeness (QED) is 0.336. The molecule has 0 aliphatic carbocycles. The first-order valence-electron chi connectivity index (χ1n) is 1.82. The molecular formula is C5H6O. The van der Waals surface area contributed by atoms with Gasteiger partial charge >= 0.3 is 6.10 Å². The van der Waals surface area contributed by atoms with E-state index in [1.807, 2.05) is 0 Å². The van der Waals surface area contributed by atoms with E-state index < -0.39 is 0 Å². The summed E-state index contributed by atoms with van der Waals surface area (Å²) in [5.74, 6) is 0. The van der Waals surface area contributed by atoms with E-state index in [4.69, 9.17) is 4.74 Å². The Hall–Kier alpha value is -0.300. The van der Waals surface area contributed by atoms with Crippen molar-refractivity contribution in [3.63, 3.8) is 0 Å². The molecule has 32 valence electrons. The SMILES string of the molecule is [CH2-][CH+]C1O[C+]1[CH2-]. The minimum Gasteiger partial charge on any atom is -0.141 e. The standard InChI is InChI=1S/C5H6O/c1-3-5-4(2)6-5/h3,5H,1-2H2. The van der Waals surface area contributed by atoms with Crippen LogP contribution in [0.4, 0.5) is 0 Å². The first-order chi connectivity index (χ1) is 2.84. The summed E-state index contributed by atoms with van der Waals surface area (Å²) in [4.78, 5) is 0. The summed E-state index contributed by atoms with van der Waals surface area (Å²) in [7, 11) is 0. The predicted octanol–water partition coefficient (Wildman–Crippen LogP) is 0.790. The summed E-state index contributed by atoms with van der Waals surface area (Å²) in [6.07, 6.45) is 2.73. The summed E-state index contributed by atoms with van der Waals surface area (Å²) >= 11 is 0. The van der Waals surface area contributed by atoms with E-state index in [0.717, 1.165) is 6.10 Å². The third-order valence-corrected chi connectivity index (χ3v) is 0.753. The highest BCUT2D eigenvalue weighted by atomic mass is 16.6. The van der Waals surface area contributed by atoms with Gasteiger partial charge in [-0.1, -0.05) is 0 Å². The van der Waals surface area contributed by atoms with Crippen LogP contribution in [0.25, 0.3) is 0 Å². The molecule has 0 aromatic rings. The van der Waals surface area contributed by atoms with Crippen molar-refractivity contribution in [2.45, 2.75) is 6.10 Å². The Bertz CT molecular complexity index is 49.9. The van der Waals surface area contributed by atoms with Crippen LogP contribution >= 0.6 is 0 Å². The highest BCUT2D eigenvalue weighted by molar-refractivity contribution is 5.13. The Morgan fingerprint density at radius 3 is 2.33 bits per heavy atom. The molecule has 0 amide bonds. The molecule has 1 heteroatoms. The Kier molecular flexibility index (Phi) is 0.701. The van der Waals surface area contributed by atoms with E-state index in [0.29, 0.717) is 0 Å². The van der Waals surface area contributed by atoms with Gasteiger partial charge in [0.25, 0.3) is 0 Å². The second kappa shape index (κ2) is 1.09. The van der Waals surface area contributed by atoms with Crippen LogP contribution in [0.5, 0.6) is 0 Å². The molecule has 0 aromatic heterocycles. The van der Waals surface area contributed by atoms with Crippen molar-refractivity contribution in [2.24, 2.45) is 0 Å². The molecule has 0 saturated carbocycles. The molecule has 0 bridgehead atoms. The van der Waals surface area contributed by atoms with Crippen molar-refractivity contribution in [1.82, 2.24) is 0 Å². The van der Waals surface area contributed by atoms with Crippen molar-refractivity contribution in [3.05, 3.63) is 26.4 Å². The summed E-state index contributed by atoms with van der Waals surface area (Å²) < 4.78 is 4.75. The fraction of sp³-hybridized carbons (Fsp3) is 0.200. The molecule has 1 aliphatic rings. The smallest absolute Gasteiger partial charge is 0.141 e. The molecule has 0 aromatic carbocycles. The summed E-state index contributed by atoms with van der Waals surface area (Å²) in [6.45, 7) is 7.01. The van der Waals surface area contributed by atoms with Gasteiger partial charge in [-0.15, -0.1) is 18.6 Å². The van der Waals surface area contributed by atoms with E-state index in [9.17, 15) is 0 Å². The molecule has 1 unspecified atom stereocenters. The first-order valence-corrected chi connectivity index (χ1v) is 1.82. The second-order valence-electron chi connectivity index (χ2n) is 1.24. The lowest BCUT2D eigenvalue weighted by Crippen LogP contribution is -1.78. The zero-order valence-electron chi connectivity index (χ0n) is 3.48. The third kappa shape index (κ3) is 0.455. The fourth-order valence-corrected chi connectivity index (χ4v) is 0.309. The highest BCUT2D eigenvalue weighted by Gasteiger charge is 2.47. The Morgan fingerprint density at radius 1 is 1.83 bits per heavy atom. The average molecular weight is 82.1 g/mol. The van der Waals surface area contributed by atoms with E-state index in [-0.39, 0.29) is 6.10 Å². The maximum atomic E-state index is 4.75. The lowest BCUT2D eigenvalue weighted by atomic mass is 10.3. The maximum Gasteiger partial charge on any atom is 0.342 e. The first kappa shape index (κ1) is 3.88. The molecular weight excluding hydrogens is 76.1 g/mol. The molecule has 1 aliphatic heterocycles. The molecule has 1 rings (SSSR count). The van der Waals surface area contributed by atoms with E-state index in [1.54, 1.807) is 6.42 Å². The molecule has 1 fully saturated rings. The van der Waals surface area contributed by atoms with Gasteiger partial charge in [0, 0.05) is 6.42 Å². The third-order valence-electron chi connectivity index (χ3n) is 0.753. The van der Waals surface area contributed by atoms with Crippen LogP contribution in [-0.2, 0) is 4.74 Å². The highest BCUT2D eigenvalue weighted by Crippen LogP contribution is 2.30. The van der Waals surface area contributed by atoms with Crippen LogP contribution in [0.1, 0.15) is 0 Å². The maximum absolute atomic E-state index is 4.75. The Labute approximate surface area is 38.3 Å². The van der Waals surface area contributed by atoms with Crippen LogP contribution in [0.15, 0.2) is 0 Å².